The highest BCUT2D eigenvalue weighted by Gasteiger charge is 2.31. The van der Waals surface area contributed by atoms with Crippen molar-refractivity contribution in [2.75, 3.05) is 26.2 Å². The second-order valence-electron chi connectivity index (χ2n) is 7.01. The number of nitrogens with one attached hydrogen (secondary N) is 1. The van der Waals surface area contributed by atoms with Crippen LogP contribution in [0.5, 0.6) is 0 Å². The molecule has 2 amide bonds. The maximum atomic E-state index is 12.5. The second kappa shape index (κ2) is 7.40. The Labute approximate surface area is 158 Å². The summed E-state index contributed by atoms with van der Waals surface area (Å²) < 4.78 is 5.65. The van der Waals surface area contributed by atoms with Gasteiger partial charge in [-0.2, -0.15) is 0 Å². The fraction of sp³-hybridized carbons (Fsp3) is 0.333. The first-order valence-electron chi connectivity index (χ1n) is 9.26. The molecule has 140 valence electrons. The molecule has 1 saturated heterocycles. The van der Waals surface area contributed by atoms with Crippen LogP contribution in [0, 0.1) is 0 Å². The second-order valence-corrected chi connectivity index (χ2v) is 7.01. The van der Waals surface area contributed by atoms with Crippen molar-refractivity contribution in [1.82, 2.24) is 10.2 Å². The SMILES string of the molecule is NCC(=O)NC1CCN(C(=O)OCC2c3ccccc3-c3ccccc32)C1. The molecule has 1 unspecified atom stereocenters. The average Bonchev–Trinajstić information content (AvgIpc) is 3.29. The van der Waals surface area contributed by atoms with Crippen molar-refractivity contribution in [3.05, 3.63) is 59.7 Å². The van der Waals surface area contributed by atoms with Crippen molar-refractivity contribution >= 4 is 12.0 Å². The molecule has 2 aromatic rings. The predicted octanol–water partition coefficient (Wildman–Crippen LogP) is 2.08. The minimum Gasteiger partial charge on any atom is -0.448 e. The number of nitrogens with zero attached hydrogens (tertiary/aromatic N) is 1. The topological polar surface area (TPSA) is 84.7 Å². The molecule has 2 aliphatic rings. The number of nitrogens with two attached hydrogens (primary N) is 1. The van der Waals surface area contributed by atoms with Crippen molar-refractivity contribution in [1.29, 1.82) is 0 Å². The molecule has 0 spiro atoms. The Morgan fingerprint density at radius 3 is 2.33 bits per heavy atom. The predicted molar refractivity (Wildman–Crippen MR) is 102 cm³/mol. The summed E-state index contributed by atoms with van der Waals surface area (Å²) in [6, 6.07) is 16.5. The molecule has 1 aliphatic carbocycles. The van der Waals surface area contributed by atoms with Crippen LogP contribution in [0.4, 0.5) is 4.79 Å². The molecule has 4 rings (SSSR count). The highest BCUT2D eigenvalue weighted by Crippen LogP contribution is 2.44. The first-order chi connectivity index (χ1) is 13.2. The molecule has 0 aromatic heterocycles. The van der Waals surface area contributed by atoms with Gasteiger partial charge in [0.05, 0.1) is 6.54 Å². The van der Waals surface area contributed by atoms with E-state index >= 15 is 0 Å². The Hall–Kier alpha value is -2.86. The van der Waals surface area contributed by atoms with Crippen molar-refractivity contribution in [3.63, 3.8) is 0 Å². The van der Waals surface area contributed by atoms with Gasteiger partial charge in [0.25, 0.3) is 0 Å². The van der Waals surface area contributed by atoms with Gasteiger partial charge in [-0.3, -0.25) is 4.79 Å². The van der Waals surface area contributed by atoms with Crippen LogP contribution in [-0.4, -0.2) is 49.2 Å². The van der Waals surface area contributed by atoms with E-state index in [9.17, 15) is 9.59 Å². The van der Waals surface area contributed by atoms with Gasteiger partial charge >= 0.3 is 6.09 Å². The molecule has 27 heavy (non-hydrogen) atoms. The molecule has 1 aliphatic heterocycles. The van der Waals surface area contributed by atoms with Gasteiger partial charge in [-0.25, -0.2) is 4.79 Å². The number of benzene rings is 2. The van der Waals surface area contributed by atoms with Crippen LogP contribution in [0.25, 0.3) is 11.1 Å². The van der Waals surface area contributed by atoms with Gasteiger partial charge in [0.2, 0.25) is 5.91 Å². The minimum absolute atomic E-state index is 0.0402. The lowest BCUT2D eigenvalue weighted by molar-refractivity contribution is -0.120. The zero-order valence-electron chi connectivity index (χ0n) is 15.1. The van der Waals surface area contributed by atoms with Gasteiger partial charge in [0, 0.05) is 25.0 Å². The highest BCUT2D eigenvalue weighted by atomic mass is 16.6. The first kappa shape index (κ1) is 17.5. The van der Waals surface area contributed by atoms with E-state index in [4.69, 9.17) is 10.5 Å². The van der Waals surface area contributed by atoms with Gasteiger partial charge < -0.3 is 20.7 Å². The third-order valence-electron chi connectivity index (χ3n) is 5.33. The molecule has 0 saturated carbocycles. The molecule has 1 atom stereocenters. The van der Waals surface area contributed by atoms with E-state index in [2.05, 4.69) is 29.6 Å². The Morgan fingerprint density at radius 1 is 1.07 bits per heavy atom. The van der Waals surface area contributed by atoms with Crippen LogP contribution in [-0.2, 0) is 9.53 Å². The minimum atomic E-state index is -0.332. The van der Waals surface area contributed by atoms with E-state index in [-0.39, 0.29) is 30.5 Å². The van der Waals surface area contributed by atoms with E-state index in [0.29, 0.717) is 19.7 Å². The molecule has 0 bridgehead atoms. The van der Waals surface area contributed by atoms with E-state index in [1.165, 1.54) is 22.3 Å². The summed E-state index contributed by atoms with van der Waals surface area (Å²) >= 11 is 0. The number of rotatable bonds is 4. The normalized spacial score (nSPS) is 18.1. The van der Waals surface area contributed by atoms with Gasteiger partial charge in [0.1, 0.15) is 6.61 Å². The Balaban J connectivity index is 1.41. The molecule has 0 radical (unpaired) electrons. The lowest BCUT2D eigenvalue weighted by atomic mass is 9.98. The van der Waals surface area contributed by atoms with E-state index in [1.807, 2.05) is 24.3 Å². The summed E-state index contributed by atoms with van der Waals surface area (Å²) in [7, 11) is 0. The van der Waals surface area contributed by atoms with Crippen LogP contribution in [0.3, 0.4) is 0 Å². The van der Waals surface area contributed by atoms with Crippen LogP contribution in [0.2, 0.25) is 0 Å². The highest BCUT2D eigenvalue weighted by molar-refractivity contribution is 5.79. The monoisotopic (exact) mass is 365 g/mol. The number of amides is 2. The first-order valence-corrected chi connectivity index (χ1v) is 9.26. The number of carbonyl (C=O) groups is 2. The maximum Gasteiger partial charge on any atom is 0.409 e. The maximum absolute atomic E-state index is 12.5. The number of ether oxygens (including phenoxy) is 1. The fourth-order valence-electron chi connectivity index (χ4n) is 4.02. The summed E-state index contributed by atoms with van der Waals surface area (Å²) in [5.41, 5.74) is 10.1. The largest absolute Gasteiger partial charge is 0.448 e. The molecular formula is C21H23N3O3. The Kier molecular flexibility index (Phi) is 4.81. The van der Waals surface area contributed by atoms with E-state index in [1.54, 1.807) is 4.90 Å². The number of fused-ring (bicyclic) bond motifs is 3. The molecule has 1 fully saturated rings. The zero-order valence-corrected chi connectivity index (χ0v) is 15.1. The number of hydrogen-bond donors (Lipinski definition) is 2. The van der Waals surface area contributed by atoms with Crippen molar-refractivity contribution in [2.24, 2.45) is 5.73 Å². The fourth-order valence-corrected chi connectivity index (χ4v) is 4.02. The molecule has 1 heterocycles. The quantitative estimate of drug-likeness (QED) is 0.869. The zero-order chi connectivity index (χ0) is 18.8. The Morgan fingerprint density at radius 2 is 1.70 bits per heavy atom. The number of hydrogen-bond acceptors (Lipinski definition) is 4. The summed E-state index contributed by atoms with van der Waals surface area (Å²) in [6.45, 7) is 1.30. The van der Waals surface area contributed by atoms with E-state index < -0.39 is 0 Å². The molecule has 6 nitrogen and oxygen atoms in total. The summed E-state index contributed by atoms with van der Waals surface area (Å²) in [5, 5.41) is 2.82. The number of carbonyl (C=O) groups excluding carboxylic acids is 2. The Bertz CT molecular complexity index is 822. The van der Waals surface area contributed by atoms with Crippen LogP contribution in [0.1, 0.15) is 23.5 Å². The van der Waals surface area contributed by atoms with Gasteiger partial charge in [-0.05, 0) is 28.7 Å². The smallest absolute Gasteiger partial charge is 0.409 e. The summed E-state index contributed by atoms with van der Waals surface area (Å²) in [4.78, 5) is 25.5. The molecule has 2 aromatic carbocycles. The molecule has 6 heteroatoms. The molecular weight excluding hydrogens is 342 g/mol. The van der Waals surface area contributed by atoms with Gasteiger partial charge in [0.15, 0.2) is 0 Å². The third-order valence-corrected chi connectivity index (χ3v) is 5.33. The van der Waals surface area contributed by atoms with Gasteiger partial charge in [-0.1, -0.05) is 48.5 Å². The van der Waals surface area contributed by atoms with Gasteiger partial charge in [-0.15, -0.1) is 0 Å². The van der Waals surface area contributed by atoms with Crippen LogP contribution < -0.4 is 11.1 Å². The lowest BCUT2D eigenvalue weighted by Gasteiger charge is -2.19. The number of likely N-dealkylation sites (tertiary alicyclic amines) is 1. The third kappa shape index (κ3) is 3.40. The van der Waals surface area contributed by atoms with Crippen LogP contribution >= 0.6 is 0 Å². The average molecular weight is 365 g/mol. The standard InChI is InChI=1S/C21H23N3O3/c22-11-20(25)23-14-9-10-24(12-14)21(26)27-13-19-17-7-3-1-5-15(17)16-6-2-4-8-18(16)19/h1-8,14,19H,9-13,22H2,(H,23,25). The molecule has 3 N–H and O–H groups in total. The van der Waals surface area contributed by atoms with Crippen molar-refractivity contribution in [2.45, 2.75) is 18.4 Å². The van der Waals surface area contributed by atoms with Crippen molar-refractivity contribution < 1.29 is 14.3 Å². The lowest BCUT2D eigenvalue weighted by Crippen LogP contribution is -2.41. The summed E-state index contributed by atoms with van der Waals surface area (Å²) in [5.74, 6) is -0.147. The van der Waals surface area contributed by atoms with E-state index in [0.717, 1.165) is 6.42 Å². The van der Waals surface area contributed by atoms with Crippen LogP contribution in [0.15, 0.2) is 48.5 Å². The summed E-state index contributed by atoms with van der Waals surface area (Å²) in [6.07, 6.45) is 0.386. The van der Waals surface area contributed by atoms with Crippen molar-refractivity contribution in [3.8, 4) is 11.1 Å².